The summed E-state index contributed by atoms with van der Waals surface area (Å²) in [5.74, 6) is -0.393. The number of aromatic nitrogens is 8. The Morgan fingerprint density at radius 1 is 0.473 bits per heavy atom. The van der Waals surface area contributed by atoms with Crippen LogP contribution in [0.1, 0.15) is 0 Å². The standard InChI is InChI=1S/C32H14N10O10S2.Co/c43-41(44)13-1-5-17-21(9-13)29-35-25(17)33-27-19-7-3-15(53(47,48)49)11-23(19)32(37-27)40-30-22-10-14(42(45)46)2-6-18(22)26(36-30)34-28-20-8-4-16(54(50,51)52)12-24(20)31(38-28)39-29;/h1-12H,(H2-2,33,34,35,36,37,38,39,40,47,48,49,50,51,52);/q-2;+2. The van der Waals surface area contributed by atoms with Gasteiger partial charge in [0.05, 0.1) is 42.9 Å². The van der Waals surface area contributed by atoms with E-state index in [0.717, 1.165) is 24.3 Å². The number of nitro groups is 2. The second kappa shape index (κ2) is 12.2. The summed E-state index contributed by atoms with van der Waals surface area (Å²) in [4.78, 5) is 57.8. The van der Waals surface area contributed by atoms with E-state index in [9.17, 15) is 46.2 Å². The van der Waals surface area contributed by atoms with Crippen LogP contribution in [-0.4, -0.2) is 65.7 Å². The van der Waals surface area contributed by atoms with Gasteiger partial charge < -0.3 is 29.9 Å². The fourth-order valence-electron chi connectivity index (χ4n) is 6.15. The predicted octanol–water partition coefficient (Wildman–Crippen LogP) is 4.43. The minimum atomic E-state index is -4.71. The number of nitro benzene ring substituents is 2. The minimum Gasteiger partial charge on any atom is -0.357 e. The summed E-state index contributed by atoms with van der Waals surface area (Å²) in [7, 11) is -9.42. The topological polar surface area (TPSA) is 301 Å². The number of fused-ring (bicyclic) bond motifs is 20. The van der Waals surface area contributed by atoms with Gasteiger partial charge in [-0.3, -0.25) is 29.3 Å². The van der Waals surface area contributed by atoms with Gasteiger partial charge in [-0.05, 0) is 47.2 Å². The van der Waals surface area contributed by atoms with Crippen LogP contribution in [0.2, 0.25) is 0 Å². The van der Waals surface area contributed by atoms with Gasteiger partial charge in [0.15, 0.2) is 0 Å². The number of benzene rings is 4. The maximum Gasteiger partial charge on any atom is 2.00 e. The first kappa shape index (κ1) is 35.4. The second-order valence-electron chi connectivity index (χ2n) is 11.8. The van der Waals surface area contributed by atoms with Gasteiger partial charge in [0, 0.05) is 79.9 Å². The molecule has 0 saturated carbocycles. The molecule has 0 aliphatic carbocycles. The Balaban J connectivity index is 0.00000427. The average molecular weight is 822 g/mol. The zero-order valence-corrected chi connectivity index (χ0v) is 29.4. The summed E-state index contributed by atoms with van der Waals surface area (Å²) in [5.41, 5.74) is -0.289. The van der Waals surface area contributed by atoms with Crippen molar-refractivity contribution in [3.05, 3.63) is 93.0 Å². The van der Waals surface area contributed by atoms with Crippen molar-refractivity contribution < 1.29 is 52.6 Å². The molecule has 23 heteroatoms. The maximum atomic E-state index is 12.1. The van der Waals surface area contributed by atoms with E-state index in [2.05, 4.69) is 39.9 Å². The molecule has 273 valence electrons. The molecular formula is C32H14CoN10O10S2. The van der Waals surface area contributed by atoms with Gasteiger partial charge >= 0.3 is 16.8 Å². The molecule has 7 aromatic rings. The van der Waals surface area contributed by atoms with Crippen LogP contribution in [-0.2, 0) is 37.0 Å². The molecule has 4 aromatic carbocycles. The Morgan fingerprint density at radius 3 is 1.16 bits per heavy atom. The molecule has 9 rings (SSSR count). The molecule has 0 spiro atoms. The SMILES string of the molecule is O=[N+]([O-])c1ccc2c3nc4nc(nc5[n-]c(nc6nc(nc([n-]3)c2c1)-c1cc(S(=O)(=O)O)ccc1-6)c1ccc([N+](=O)[O-])cc51)-c1cc(S(=O)(=O)O)ccc1-4.[Co+2]. The van der Waals surface area contributed by atoms with Crippen molar-refractivity contribution in [3.63, 3.8) is 0 Å². The average Bonchev–Trinajstić information content (AvgIpc) is 3.85. The third-order valence-electron chi connectivity index (χ3n) is 8.63. The summed E-state index contributed by atoms with van der Waals surface area (Å²) in [6.45, 7) is 0. The first-order valence-electron chi connectivity index (χ1n) is 15.1. The van der Waals surface area contributed by atoms with Gasteiger partial charge in [-0.2, -0.15) is 16.8 Å². The van der Waals surface area contributed by atoms with E-state index < -0.39 is 39.9 Å². The number of hydrogen-bond donors (Lipinski definition) is 2. The zero-order chi connectivity index (χ0) is 37.8. The Bertz CT molecular complexity index is 3100. The summed E-state index contributed by atoms with van der Waals surface area (Å²) in [5, 5.41) is 24.4. The molecule has 2 N–H and O–H groups in total. The maximum absolute atomic E-state index is 12.1. The number of non-ortho nitro benzene ring substituents is 2. The van der Waals surface area contributed by atoms with Crippen molar-refractivity contribution in [3.8, 4) is 45.6 Å². The Kier molecular flexibility index (Phi) is 7.85. The molecule has 55 heavy (non-hydrogen) atoms. The molecule has 20 nitrogen and oxygen atoms in total. The van der Waals surface area contributed by atoms with E-state index in [1.807, 2.05) is 0 Å². The van der Waals surface area contributed by atoms with E-state index in [4.69, 9.17) is 0 Å². The quantitative estimate of drug-likeness (QED) is 0.141. The van der Waals surface area contributed by atoms with E-state index in [1.54, 1.807) is 0 Å². The molecule has 2 aliphatic rings. The molecule has 0 amide bonds. The van der Waals surface area contributed by atoms with Crippen LogP contribution in [0, 0.1) is 20.2 Å². The van der Waals surface area contributed by atoms with Crippen molar-refractivity contribution in [2.24, 2.45) is 0 Å². The summed E-state index contributed by atoms with van der Waals surface area (Å²) >= 11 is 0. The molecule has 3 aromatic heterocycles. The van der Waals surface area contributed by atoms with Crippen molar-refractivity contribution in [2.75, 3.05) is 0 Å². The van der Waals surface area contributed by atoms with E-state index >= 15 is 0 Å². The Labute approximate surface area is 315 Å². The smallest absolute Gasteiger partial charge is 0.357 e. The first-order chi connectivity index (χ1) is 25.6. The van der Waals surface area contributed by atoms with E-state index in [-0.39, 0.29) is 118 Å². The number of nitrogens with zero attached hydrogens (tertiary/aromatic N) is 10. The fourth-order valence-corrected chi connectivity index (χ4v) is 7.16. The number of hydrogen-bond acceptors (Lipinski definition) is 14. The molecule has 5 heterocycles. The molecule has 0 unspecified atom stereocenters. The van der Waals surface area contributed by atoms with Crippen LogP contribution in [0.15, 0.2) is 82.6 Å². The summed E-state index contributed by atoms with van der Waals surface area (Å²) in [6.07, 6.45) is 0. The zero-order valence-electron chi connectivity index (χ0n) is 26.7. The van der Waals surface area contributed by atoms with Crippen LogP contribution < -0.4 is 9.97 Å². The van der Waals surface area contributed by atoms with Crippen LogP contribution in [0.25, 0.3) is 89.7 Å². The van der Waals surface area contributed by atoms with E-state index in [1.165, 1.54) is 48.5 Å². The molecule has 0 fully saturated rings. The van der Waals surface area contributed by atoms with Crippen LogP contribution >= 0.6 is 0 Å². The van der Waals surface area contributed by atoms with Crippen molar-refractivity contribution in [2.45, 2.75) is 9.79 Å². The van der Waals surface area contributed by atoms with Crippen molar-refractivity contribution >= 4 is 75.7 Å². The predicted molar refractivity (Wildman–Crippen MR) is 187 cm³/mol. The van der Waals surface area contributed by atoms with Gasteiger partial charge in [0.25, 0.3) is 31.6 Å². The van der Waals surface area contributed by atoms with Crippen LogP contribution in [0.3, 0.4) is 0 Å². The largest absolute Gasteiger partial charge is 2.00 e. The first-order valence-corrected chi connectivity index (χ1v) is 18.0. The van der Waals surface area contributed by atoms with Gasteiger partial charge in [0.2, 0.25) is 0 Å². The summed E-state index contributed by atoms with van der Waals surface area (Å²) < 4.78 is 68.3. The Hall–Kier alpha value is -6.63. The second-order valence-corrected chi connectivity index (χ2v) is 14.7. The molecule has 1 radical (unpaired) electrons. The van der Waals surface area contributed by atoms with E-state index in [0.29, 0.717) is 0 Å². The van der Waals surface area contributed by atoms with Gasteiger partial charge in [0.1, 0.15) is 0 Å². The van der Waals surface area contributed by atoms with Gasteiger partial charge in [-0.1, -0.05) is 12.1 Å². The molecule has 0 saturated heterocycles. The molecule has 2 aliphatic heterocycles. The molecule has 8 bridgehead atoms. The van der Waals surface area contributed by atoms with Crippen LogP contribution in [0.5, 0.6) is 0 Å². The monoisotopic (exact) mass is 821 g/mol. The number of rotatable bonds is 4. The summed E-state index contributed by atoms with van der Waals surface area (Å²) in [6, 6.07) is 14.8. The van der Waals surface area contributed by atoms with Crippen LogP contribution in [0.4, 0.5) is 11.4 Å². The van der Waals surface area contributed by atoms with Crippen molar-refractivity contribution in [1.82, 2.24) is 39.9 Å². The van der Waals surface area contributed by atoms with Crippen molar-refractivity contribution in [1.29, 1.82) is 0 Å². The molecular weight excluding hydrogens is 807 g/mol. The Morgan fingerprint density at radius 2 is 0.818 bits per heavy atom. The third-order valence-corrected chi connectivity index (χ3v) is 10.3. The molecule has 0 atom stereocenters. The fraction of sp³-hybridized carbons (Fsp3) is 0. The van der Waals surface area contributed by atoms with Gasteiger partial charge in [-0.15, -0.1) is 0 Å². The normalized spacial score (nSPS) is 12.3. The van der Waals surface area contributed by atoms with Gasteiger partial charge in [-0.25, -0.2) is 9.97 Å². The third kappa shape index (κ3) is 5.83. The minimum absolute atomic E-state index is 0.